The molecule has 7 nitrogen and oxygen atoms in total. The number of nitrogens with zero attached hydrogens (tertiary/aromatic N) is 2. The summed E-state index contributed by atoms with van der Waals surface area (Å²) in [6.07, 6.45) is 0. The topological polar surface area (TPSA) is 79.0 Å². The van der Waals surface area contributed by atoms with Crippen LogP contribution in [0.4, 0.5) is 5.69 Å². The smallest absolute Gasteiger partial charge is 0.312 e. The van der Waals surface area contributed by atoms with Crippen molar-refractivity contribution in [3.63, 3.8) is 0 Å². The zero-order valence-corrected chi connectivity index (χ0v) is 12.7. The van der Waals surface area contributed by atoms with Gasteiger partial charge in [-0.3, -0.25) is 14.4 Å². The fourth-order valence-corrected chi connectivity index (χ4v) is 2.28. The highest BCUT2D eigenvalue weighted by Crippen LogP contribution is 2.22. The number of benzene rings is 1. The molecule has 0 spiro atoms. The molecular formula is C15H19N3O4. The van der Waals surface area contributed by atoms with E-state index in [4.69, 9.17) is 4.74 Å². The minimum atomic E-state index is -0.636. The van der Waals surface area contributed by atoms with Crippen LogP contribution >= 0.6 is 0 Å². The molecule has 1 N–H and O–H groups in total. The normalized spacial score (nSPS) is 15.0. The first-order chi connectivity index (χ1) is 10.6. The van der Waals surface area contributed by atoms with Crippen molar-refractivity contribution in [2.24, 2.45) is 0 Å². The lowest BCUT2D eigenvalue weighted by molar-refractivity contribution is -0.156. The summed E-state index contributed by atoms with van der Waals surface area (Å²) in [7, 11) is 1.51. The van der Waals surface area contributed by atoms with Crippen LogP contribution < -0.4 is 10.1 Å². The zero-order valence-electron chi connectivity index (χ0n) is 12.7. The summed E-state index contributed by atoms with van der Waals surface area (Å²) >= 11 is 0. The Labute approximate surface area is 128 Å². The van der Waals surface area contributed by atoms with Gasteiger partial charge in [-0.25, -0.2) is 0 Å². The van der Waals surface area contributed by atoms with Gasteiger partial charge in [-0.05, 0) is 19.1 Å². The van der Waals surface area contributed by atoms with Gasteiger partial charge >= 0.3 is 11.8 Å². The van der Waals surface area contributed by atoms with E-state index in [0.717, 1.165) is 0 Å². The molecule has 1 aromatic carbocycles. The summed E-state index contributed by atoms with van der Waals surface area (Å²) in [6.45, 7) is 2.96. The molecule has 0 unspecified atom stereocenters. The van der Waals surface area contributed by atoms with Gasteiger partial charge in [0.2, 0.25) is 5.91 Å². The zero-order chi connectivity index (χ0) is 16.1. The van der Waals surface area contributed by atoms with Crippen molar-refractivity contribution in [2.45, 2.75) is 6.92 Å². The third kappa shape index (κ3) is 3.36. The van der Waals surface area contributed by atoms with E-state index < -0.39 is 11.8 Å². The summed E-state index contributed by atoms with van der Waals surface area (Å²) in [5.74, 6) is -1.02. The van der Waals surface area contributed by atoms with Gasteiger partial charge in [-0.15, -0.1) is 0 Å². The fourth-order valence-electron chi connectivity index (χ4n) is 2.28. The number of piperazine rings is 1. The van der Waals surface area contributed by atoms with Gasteiger partial charge in [0, 0.05) is 19.6 Å². The van der Waals surface area contributed by atoms with Crippen molar-refractivity contribution in [2.75, 3.05) is 38.6 Å². The Bertz CT molecular complexity index is 588. The van der Waals surface area contributed by atoms with Crippen LogP contribution in [0.2, 0.25) is 0 Å². The van der Waals surface area contributed by atoms with E-state index in [1.54, 1.807) is 24.3 Å². The van der Waals surface area contributed by atoms with Crippen molar-refractivity contribution in [3.8, 4) is 5.75 Å². The van der Waals surface area contributed by atoms with Crippen molar-refractivity contribution >= 4 is 23.4 Å². The van der Waals surface area contributed by atoms with Crippen molar-refractivity contribution in [1.82, 2.24) is 9.80 Å². The van der Waals surface area contributed by atoms with Crippen molar-refractivity contribution in [3.05, 3.63) is 24.3 Å². The van der Waals surface area contributed by atoms with Gasteiger partial charge in [0.05, 0.1) is 12.8 Å². The minimum absolute atomic E-state index is 0.153. The molecule has 0 aromatic heterocycles. The number of hydrogen-bond acceptors (Lipinski definition) is 4. The maximum atomic E-state index is 12.1. The SMILES string of the molecule is CCN1CCN(CC(=O)Nc2ccccc2OC)C(=O)C1=O. The molecule has 0 radical (unpaired) electrons. The van der Waals surface area contributed by atoms with E-state index in [1.165, 1.54) is 16.9 Å². The number of carbonyl (C=O) groups is 3. The van der Waals surface area contributed by atoms with E-state index in [0.29, 0.717) is 31.1 Å². The molecule has 0 bridgehead atoms. The first kappa shape index (κ1) is 15.8. The molecule has 1 heterocycles. The van der Waals surface area contributed by atoms with E-state index in [-0.39, 0.29) is 12.5 Å². The van der Waals surface area contributed by atoms with E-state index >= 15 is 0 Å². The molecule has 1 aromatic rings. The van der Waals surface area contributed by atoms with Crippen LogP contribution in [0.3, 0.4) is 0 Å². The number of carbonyl (C=O) groups excluding carboxylic acids is 3. The van der Waals surface area contributed by atoms with Crippen LogP contribution in [-0.4, -0.2) is 60.8 Å². The number of amides is 3. The van der Waals surface area contributed by atoms with Gasteiger partial charge in [-0.2, -0.15) is 0 Å². The quantitative estimate of drug-likeness (QED) is 0.795. The fraction of sp³-hybridized carbons (Fsp3) is 0.400. The molecule has 0 saturated carbocycles. The number of hydrogen-bond donors (Lipinski definition) is 1. The maximum absolute atomic E-state index is 12.1. The van der Waals surface area contributed by atoms with Gasteiger partial charge < -0.3 is 19.9 Å². The van der Waals surface area contributed by atoms with Crippen LogP contribution in [0.15, 0.2) is 24.3 Å². The highest BCUT2D eigenvalue weighted by molar-refractivity contribution is 6.35. The number of para-hydroxylation sites is 2. The van der Waals surface area contributed by atoms with Gasteiger partial charge in [0.1, 0.15) is 12.3 Å². The van der Waals surface area contributed by atoms with Crippen LogP contribution in [0.1, 0.15) is 6.92 Å². The summed E-state index contributed by atoms with van der Waals surface area (Å²) < 4.78 is 5.15. The summed E-state index contributed by atoms with van der Waals surface area (Å²) in [4.78, 5) is 38.5. The van der Waals surface area contributed by atoms with Crippen LogP contribution in [0.5, 0.6) is 5.75 Å². The summed E-state index contributed by atoms with van der Waals surface area (Å²) in [5.41, 5.74) is 0.529. The predicted octanol–water partition coefficient (Wildman–Crippen LogP) is 0.324. The van der Waals surface area contributed by atoms with Crippen molar-refractivity contribution < 1.29 is 19.1 Å². The molecule has 2 rings (SSSR count). The van der Waals surface area contributed by atoms with E-state index in [2.05, 4.69) is 5.32 Å². The number of nitrogens with one attached hydrogen (secondary N) is 1. The molecule has 1 aliphatic rings. The Morgan fingerprint density at radius 2 is 1.82 bits per heavy atom. The second-order valence-corrected chi connectivity index (χ2v) is 4.86. The van der Waals surface area contributed by atoms with Crippen LogP contribution in [0.25, 0.3) is 0 Å². The Hall–Kier alpha value is -2.57. The lowest BCUT2D eigenvalue weighted by atomic mass is 10.2. The number of likely N-dealkylation sites (N-methyl/N-ethyl adjacent to an activating group) is 1. The van der Waals surface area contributed by atoms with Gasteiger partial charge in [0.25, 0.3) is 0 Å². The lowest BCUT2D eigenvalue weighted by Crippen LogP contribution is -2.55. The maximum Gasteiger partial charge on any atom is 0.312 e. The van der Waals surface area contributed by atoms with Gasteiger partial charge in [0.15, 0.2) is 0 Å². The predicted molar refractivity (Wildman–Crippen MR) is 80.5 cm³/mol. The summed E-state index contributed by atoms with van der Waals surface area (Å²) in [5, 5.41) is 2.69. The number of anilines is 1. The number of ether oxygens (including phenoxy) is 1. The van der Waals surface area contributed by atoms with Gasteiger partial charge in [-0.1, -0.05) is 12.1 Å². The Morgan fingerprint density at radius 1 is 1.18 bits per heavy atom. The first-order valence-electron chi connectivity index (χ1n) is 7.07. The van der Waals surface area contributed by atoms with Crippen LogP contribution in [-0.2, 0) is 14.4 Å². The second-order valence-electron chi connectivity index (χ2n) is 4.86. The van der Waals surface area contributed by atoms with E-state index in [9.17, 15) is 14.4 Å². The Morgan fingerprint density at radius 3 is 2.50 bits per heavy atom. The molecule has 0 atom stereocenters. The Balaban J connectivity index is 1.98. The highest BCUT2D eigenvalue weighted by Gasteiger charge is 2.32. The Kier molecular flexibility index (Phi) is 4.98. The lowest BCUT2D eigenvalue weighted by Gasteiger charge is -2.32. The summed E-state index contributed by atoms with van der Waals surface area (Å²) in [6, 6.07) is 7.00. The molecule has 3 amide bonds. The molecule has 118 valence electrons. The second kappa shape index (κ2) is 6.93. The highest BCUT2D eigenvalue weighted by atomic mass is 16.5. The van der Waals surface area contributed by atoms with Crippen LogP contribution in [0, 0.1) is 0 Å². The average Bonchev–Trinajstić information content (AvgIpc) is 2.52. The molecule has 1 fully saturated rings. The molecular weight excluding hydrogens is 286 g/mol. The molecule has 1 saturated heterocycles. The molecule has 1 aliphatic heterocycles. The number of rotatable bonds is 5. The number of methoxy groups -OCH3 is 1. The monoisotopic (exact) mass is 305 g/mol. The largest absolute Gasteiger partial charge is 0.495 e. The standard InChI is InChI=1S/C15H19N3O4/c1-3-17-8-9-18(15(21)14(17)20)10-13(19)16-11-6-4-5-7-12(11)22-2/h4-7H,3,8-10H2,1-2H3,(H,16,19). The average molecular weight is 305 g/mol. The molecule has 0 aliphatic carbocycles. The van der Waals surface area contributed by atoms with E-state index in [1.807, 2.05) is 6.92 Å². The molecule has 22 heavy (non-hydrogen) atoms. The first-order valence-corrected chi connectivity index (χ1v) is 7.07. The van der Waals surface area contributed by atoms with Crippen molar-refractivity contribution in [1.29, 1.82) is 0 Å². The minimum Gasteiger partial charge on any atom is -0.495 e. The molecule has 7 heteroatoms. The third-order valence-corrected chi connectivity index (χ3v) is 3.49. The third-order valence-electron chi connectivity index (χ3n) is 3.49.